The highest BCUT2D eigenvalue weighted by molar-refractivity contribution is 7.15. The van der Waals surface area contributed by atoms with E-state index < -0.39 is 12.0 Å². The van der Waals surface area contributed by atoms with E-state index in [1.54, 1.807) is 23.5 Å². The Morgan fingerprint density at radius 2 is 1.85 bits per heavy atom. The number of aryl methyl sites for hydroxylation is 2. The molecule has 146 valence electrons. The first-order valence-corrected chi connectivity index (χ1v) is 9.76. The van der Waals surface area contributed by atoms with E-state index in [1.165, 1.54) is 4.88 Å². The Hall–Kier alpha value is -2.41. The van der Waals surface area contributed by atoms with Crippen molar-refractivity contribution in [3.05, 3.63) is 46.0 Å². The molecule has 6 nitrogen and oxygen atoms in total. The van der Waals surface area contributed by atoms with Gasteiger partial charge in [-0.25, -0.2) is 9.78 Å². The second-order valence-electron chi connectivity index (χ2n) is 7.18. The maximum Gasteiger partial charge on any atom is 0.326 e. The van der Waals surface area contributed by atoms with Crippen LogP contribution in [0.1, 0.15) is 46.8 Å². The van der Waals surface area contributed by atoms with Crippen molar-refractivity contribution in [3.8, 4) is 0 Å². The number of carbonyl (C=O) groups excluding carboxylic acids is 1. The van der Waals surface area contributed by atoms with E-state index in [9.17, 15) is 14.7 Å². The van der Waals surface area contributed by atoms with Crippen LogP contribution in [-0.4, -0.2) is 35.1 Å². The second-order valence-corrected chi connectivity index (χ2v) is 8.37. The second kappa shape index (κ2) is 8.99. The molecule has 0 fully saturated rings. The van der Waals surface area contributed by atoms with Gasteiger partial charge in [-0.05, 0) is 43.9 Å². The van der Waals surface area contributed by atoms with Gasteiger partial charge in [-0.3, -0.25) is 4.79 Å². The van der Waals surface area contributed by atoms with Crippen molar-refractivity contribution in [3.63, 3.8) is 0 Å². The molecule has 27 heavy (non-hydrogen) atoms. The van der Waals surface area contributed by atoms with Crippen molar-refractivity contribution in [2.24, 2.45) is 5.92 Å². The van der Waals surface area contributed by atoms with Crippen molar-refractivity contribution in [2.75, 3.05) is 11.9 Å². The largest absolute Gasteiger partial charge is 0.480 e. The first-order chi connectivity index (χ1) is 12.7. The Labute approximate surface area is 164 Å². The molecule has 0 bridgehead atoms. The molecule has 2 N–H and O–H groups in total. The number of hydrogen-bond donors (Lipinski definition) is 2. The molecule has 0 aliphatic rings. The van der Waals surface area contributed by atoms with Gasteiger partial charge < -0.3 is 15.3 Å². The van der Waals surface area contributed by atoms with Crippen molar-refractivity contribution < 1.29 is 14.7 Å². The molecule has 1 aromatic carbocycles. The molecule has 1 atom stereocenters. The normalized spacial score (nSPS) is 12.1. The summed E-state index contributed by atoms with van der Waals surface area (Å²) in [5.41, 5.74) is 2.55. The number of carbonyl (C=O) groups is 2. The van der Waals surface area contributed by atoms with Crippen LogP contribution in [0.15, 0.2) is 24.3 Å². The zero-order valence-corrected chi connectivity index (χ0v) is 17.3. The van der Waals surface area contributed by atoms with Gasteiger partial charge >= 0.3 is 5.97 Å². The molecule has 0 radical (unpaired) electrons. The van der Waals surface area contributed by atoms with Gasteiger partial charge in [0, 0.05) is 24.0 Å². The van der Waals surface area contributed by atoms with Crippen molar-refractivity contribution >= 4 is 28.3 Å². The summed E-state index contributed by atoms with van der Waals surface area (Å²) >= 11 is 1.66. The number of hydrogen-bond acceptors (Lipinski definition) is 5. The third kappa shape index (κ3) is 5.79. The predicted molar refractivity (Wildman–Crippen MR) is 108 cm³/mol. The minimum Gasteiger partial charge on any atom is -0.480 e. The summed E-state index contributed by atoms with van der Waals surface area (Å²) in [6, 6.07) is 6.35. The third-order valence-electron chi connectivity index (χ3n) is 4.29. The van der Waals surface area contributed by atoms with Crippen LogP contribution in [0.4, 0.5) is 5.13 Å². The fourth-order valence-corrected chi connectivity index (χ4v) is 3.53. The van der Waals surface area contributed by atoms with Crippen molar-refractivity contribution in [1.82, 2.24) is 10.3 Å². The van der Waals surface area contributed by atoms with E-state index in [-0.39, 0.29) is 11.8 Å². The van der Waals surface area contributed by atoms with Gasteiger partial charge in [0.15, 0.2) is 5.13 Å². The van der Waals surface area contributed by atoms with Crippen LogP contribution >= 0.6 is 11.3 Å². The Morgan fingerprint density at radius 3 is 2.33 bits per heavy atom. The predicted octanol–water partition coefficient (Wildman–Crippen LogP) is 3.63. The van der Waals surface area contributed by atoms with E-state index in [2.05, 4.69) is 22.1 Å². The van der Waals surface area contributed by atoms with Crippen LogP contribution in [0.3, 0.4) is 0 Å². The van der Waals surface area contributed by atoms with Crippen LogP contribution in [0, 0.1) is 19.8 Å². The smallest absolute Gasteiger partial charge is 0.326 e. The maximum atomic E-state index is 12.3. The van der Waals surface area contributed by atoms with Crippen molar-refractivity contribution in [1.29, 1.82) is 0 Å². The maximum absolute atomic E-state index is 12.3. The number of thiazole rings is 1. The number of aromatic nitrogens is 1. The first kappa shape index (κ1) is 20.9. The molecule has 2 aromatic rings. The summed E-state index contributed by atoms with van der Waals surface area (Å²) in [6.45, 7) is 8.60. The minimum absolute atomic E-state index is 0.183. The zero-order valence-electron chi connectivity index (χ0n) is 16.4. The molecular weight excluding hydrogens is 362 g/mol. The highest BCUT2D eigenvalue weighted by Crippen LogP contribution is 2.25. The molecule has 1 unspecified atom stereocenters. The van der Waals surface area contributed by atoms with Crippen LogP contribution in [-0.2, 0) is 11.3 Å². The minimum atomic E-state index is -1.01. The standard InChI is InChI=1S/C20H27N3O3S/c1-12(2)10-17(19(25)26)22-18(24)16-8-6-15(7-9-16)11-23(5)20-21-13(3)14(4)27-20/h6-9,12,17H,10-11H2,1-5H3,(H,22,24)(H,25,26). The fourth-order valence-electron chi connectivity index (χ4n) is 2.66. The van der Waals surface area contributed by atoms with Gasteiger partial charge in [0.25, 0.3) is 5.91 Å². The Kier molecular flexibility index (Phi) is 6.96. The Balaban J connectivity index is 2.01. The van der Waals surface area contributed by atoms with Gasteiger partial charge in [-0.2, -0.15) is 0 Å². The first-order valence-electron chi connectivity index (χ1n) is 8.95. The number of benzene rings is 1. The average molecular weight is 390 g/mol. The van der Waals surface area contributed by atoms with E-state index >= 15 is 0 Å². The highest BCUT2D eigenvalue weighted by Gasteiger charge is 2.21. The zero-order chi connectivity index (χ0) is 20.1. The number of anilines is 1. The number of carboxylic acids is 1. The van der Waals surface area contributed by atoms with Gasteiger partial charge in [0.05, 0.1) is 5.69 Å². The molecule has 1 heterocycles. The van der Waals surface area contributed by atoms with Crippen LogP contribution in [0.25, 0.3) is 0 Å². The molecular formula is C20H27N3O3S. The summed E-state index contributed by atoms with van der Waals surface area (Å²) < 4.78 is 0. The molecule has 1 aromatic heterocycles. The van der Waals surface area contributed by atoms with Crippen LogP contribution in [0.2, 0.25) is 0 Å². The molecule has 1 amide bonds. The van der Waals surface area contributed by atoms with Gasteiger partial charge in [-0.15, -0.1) is 11.3 Å². The number of carboxylic acid groups (broad SMARTS) is 1. The van der Waals surface area contributed by atoms with Gasteiger partial charge in [-0.1, -0.05) is 26.0 Å². The fraction of sp³-hybridized carbons (Fsp3) is 0.450. The van der Waals surface area contributed by atoms with Gasteiger partial charge in [0.1, 0.15) is 6.04 Å². The summed E-state index contributed by atoms with van der Waals surface area (Å²) in [6.07, 6.45) is 0.399. The molecule has 0 saturated heterocycles. The Bertz CT molecular complexity index is 780. The van der Waals surface area contributed by atoms with E-state index in [1.807, 2.05) is 40.0 Å². The monoisotopic (exact) mass is 389 g/mol. The third-order valence-corrected chi connectivity index (χ3v) is 5.48. The molecule has 0 aliphatic heterocycles. The summed E-state index contributed by atoms with van der Waals surface area (Å²) in [5.74, 6) is -1.19. The highest BCUT2D eigenvalue weighted by atomic mass is 32.1. The van der Waals surface area contributed by atoms with E-state index in [0.29, 0.717) is 18.5 Å². The number of aliphatic carboxylic acids is 1. The molecule has 0 saturated carbocycles. The van der Waals surface area contributed by atoms with Crippen molar-refractivity contribution in [2.45, 2.75) is 46.7 Å². The lowest BCUT2D eigenvalue weighted by atomic mass is 10.0. The summed E-state index contributed by atoms with van der Waals surface area (Å²) in [7, 11) is 1.99. The number of nitrogens with one attached hydrogen (secondary N) is 1. The molecule has 0 aliphatic carbocycles. The number of amides is 1. The van der Waals surface area contributed by atoms with E-state index in [0.717, 1.165) is 16.4 Å². The molecule has 2 rings (SSSR count). The summed E-state index contributed by atoms with van der Waals surface area (Å²) in [4.78, 5) is 31.5. The van der Waals surface area contributed by atoms with E-state index in [4.69, 9.17) is 0 Å². The average Bonchev–Trinajstić information content (AvgIpc) is 2.93. The molecule has 0 spiro atoms. The lowest BCUT2D eigenvalue weighted by Gasteiger charge is -2.17. The summed E-state index contributed by atoms with van der Waals surface area (Å²) in [5, 5.41) is 12.8. The van der Waals surface area contributed by atoms with Crippen LogP contribution < -0.4 is 10.2 Å². The molecule has 7 heteroatoms. The topological polar surface area (TPSA) is 82.5 Å². The number of nitrogens with zero attached hydrogens (tertiary/aromatic N) is 2. The SMILES string of the molecule is Cc1nc(N(C)Cc2ccc(C(=O)NC(CC(C)C)C(=O)O)cc2)sc1C. The number of rotatable bonds is 8. The quantitative estimate of drug-likeness (QED) is 0.720. The van der Waals surface area contributed by atoms with Gasteiger partial charge in [0.2, 0.25) is 0 Å². The van der Waals surface area contributed by atoms with Crippen LogP contribution in [0.5, 0.6) is 0 Å². The lowest BCUT2D eigenvalue weighted by Crippen LogP contribution is -2.41. The Morgan fingerprint density at radius 1 is 1.22 bits per heavy atom. The lowest BCUT2D eigenvalue weighted by molar-refractivity contribution is -0.139.